The maximum Gasteiger partial charge on any atom is 0.241 e. The van der Waals surface area contributed by atoms with Gasteiger partial charge in [0.1, 0.15) is 5.82 Å². The van der Waals surface area contributed by atoms with Gasteiger partial charge in [0, 0.05) is 0 Å². The molecule has 4 heteroatoms. The molecule has 1 aliphatic heterocycles. The van der Waals surface area contributed by atoms with Crippen molar-refractivity contribution in [3.63, 3.8) is 0 Å². The summed E-state index contributed by atoms with van der Waals surface area (Å²) in [6, 6.07) is 4.62. The highest BCUT2D eigenvalue weighted by Gasteiger charge is 2.21. The summed E-state index contributed by atoms with van der Waals surface area (Å²) in [6.07, 6.45) is 2.96. The minimum Gasteiger partial charge on any atom is -0.322 e. The van der Waals surface area contributed by atoms with Gasteiger partial charge in [-0.2, -0.15) is 0 Å². The van der Waals surface area contributed by atoms with Crippen LogP contribution in [0.2, 0.25) is 0 Å². The molecule has 0 radical (unpaired) electrons. The SMILES string of the molecule is Cc1ccc(NC(=O)[C@@H]2CCCCN2)c(F)c1. The van der Waals surface area contributed by atoms with Gasteiger partial charge in [-0.3, -0.25) is 4.79 Å². The Hall–Kier alpha value is -1.42. The smallest absolute Gasteiger partial charge is 0.241 e. The number of rotatable bonds is 2. The third-order valence-corrected chi connectivity index (χ3v) is 3.01. The van der Waals surface area contributed by atoms with Crippen molar-refractivity contribution in [2.75, 3.05) is 11.9 Å². The van der Waals surface area contributed by atoms with Crippen LogP contribution < -0.4 is 10.6 Å². The maximum atomic E-state index is 13.5. The van der Waals surface area contributed by atoms with E-state index >= 15 is 0 Å². The van der Waals surface area contributed by atoms with Crippen molar-refractivity contribution in [3.8, 4) is 0 Å². The van der Waals surface area contributed by atoms with E-state index in [1.54, 1.807) is 12.1 Å². The lowest BCUT2D eigenvalue weighted by molar-refractivity contribution is -0.118. The van der Waals surface area contributed by atoms with Gasteiger partial charge >= 0.3 is 0 Å². The summed E-state index contributed by atoms with van der Waals surface area (Å²) in [7, 11) is 0. The Bertz CT molecular complexity index is 414. The Morgan fingerprint density at radius 3 is 2.94 bits per heavy atom. The van der Waals surface area contributed by atoms with Crippen LogP contribution in [0.25, 0.3) is 0 Å². The molecule has 0 saturated carbocycles. The largest absolute Gasteiger partial charge is 0.322 e. The highest BCUT2D eigenvalue weighted by molar-refractivity contribution is 5.95. The maximum absolute atomic E-state index is 13.5. The molecule has 2 N–H and O–H groups in total. The number of amides is 1. The first-order valence-electron chi connectivity index (χ1n) is 5.97. The molecule has 1 atom stereocenters. The zero-order valence-electron chi connectivity index (χ0n) is 9.92. The van der Waals surface area contributed by atoms with Crippen LogP contribution in [-0.4, -0.2) is 18.5 Å². The fourth-order valence-electron chi connectivity index (χ4n) is 2.02. The third-order valence-electron chi connectivity index (χ3n) is 3.01. The van der Waals surface area contributed by atoms with Gasteiger partial charge in [-0.1, -0.05) is 12.5 Å². The van der Waals surface area contributed by atoms with E-state index in [-0.39, 0.29) is 23.5 Å². The van der Waals surface area contributed by atoms with E-state index in [2.05, 4.69) is 10.6 Å². The van der Waals surface area contributed by atoms with Crippen molar-refractivity contribution in [1.29, 1.82) is 0 Å². The molecule has 17 heavy (non-hydrogen) atoms. The predicted octanol–water partition coefficient (Wildman–Crippen LogP) is 2.21. The molecule has 1 aromatic carbocycles. The van der Waals surface area contributed by atoms with Crippen molar-refractivity contribution in [2.24, 2.45) is 0 Å². The van der Waals surface area contributed by atoms with Crippen molar-refractivity contribution >= 4 is 11.6 Å². The summed E-state index contributed by atoms with van der Waals surface area (Å²) in [4.78, 5) is 11.9. The molecule has 1 amide bonds. The summed E-state index contributed by atoms with van der Waals surface area (Å²) >= 11 is 0. The second-order valence-corrected chi connectivity index (χ2v) is 4.48. The number of hydrogen-bond donors (Lipinski definition) is 2. The molecule has 1 saturated heterocycles. The summed E-state index contributed by atoms with van der Waals surface area (Å²) in [5.74, 6) is -0.526. The highest BCUT2D eigenvalue weighted by atomic mass is 19.1. The molecule has 1 aliphatic rings. The first-order chi connectivity index (χ1) is 8.16. The zero-order valence-corrected chi connectivity index (χ0v) is 9.92. The van der Waals surface area contributed by atoms with Crippen molar-refractivity contribution in [2.45, 2.75) is 32.2 Å². The van der Waals surface area contributed by atoms with E-state index in [4.69, 9.17) is 0 Å². The first kappa shape index (κ1) is 12.0. The number of carbonyl (C=O) groups is 1. The van der Waals surface area contributed by atoms with Gasteiger partial charge in [0.2, 0.25) is 5.91 Å². The number of benzene rings is 1. The highest BCUT2D eigenvalue weighted by Crippen LogP contribution is 2.16. The van der Waals surface area contributed by atoms with E-state index in [0.717, 1.165) is 31.4 Å². The molecule has 0 spiro atoms. The molecule has 0 aliphatic carbocycles. The van der Waals surface area contributed by atoms with Crippen molar-refractivity contribution in [1.82, 2.24) is 5.32 Å². The third kappa shape index (κ3) is 3.03. The number of halogens is 1. The number of hydrogen-bond acceptors (Lipinski definition) is 2. The van der Waals surface area contributed by atoms with Crippen LogP contribution in [0.4, 0.5) is 10.1 Å². The fraction of sp³-hybridized carbons (Fsp3) is 0.462. The number of nitrogens with one attached hydrogen (secondary N) is 2. The Morgan fingerprint density at radius 1 is 1.47 bits per heavy atom. The van der Waals surface area contributed by atoms with Crippen LogP contribution in [0.1, 0.15) is 24.8 Å². The van der Waals surface area contributed by atoms with Crippen LogP contribution >= 0.6 is 0 Å². The van der Waals surface area contributed by atoms with E-state index in [1.165, 1.54) is 6.07 Å². The Morgan fingerprint density at radius 2 is 2.29 bits per heavy atom. The van der Waals surface area contributed by atoms with Crippen molar-refractivity contribution in [3.05, 3.63) is 29.6 Å². The van der Waals surface area contributed by atoms with E-state index < -0.39 is 0 Å². The zero-order chi connectivity index (χ0) is 12.3. The topological polar surface area (TPSA) is 41.1 Å². The molecular formula is C13H17FN2O. The molecule has 92 valence electrons. The predicted molar refractivity (Wildman–Crippen MR) is 65.4 cm³/mol. The van der Waals surface area contributed by atoms with E-state index in [0.29, 0.717) is 0 Å². The molecule has 1 aromatic rings. The Kier molecular flexibility index (Phi) is 3.74. The standard InChI is InChI=1S/C13H17FN2O/c1-9-5-6-11(10(14)8-9)16-13(17)12-4-2-3-7-15-12/h5-6,8,12,15H,2-4,7H2,1H3,(H,16,17)/t12-/m0/s1. The normalized spacial score (nSPS) is 20.0. The first-order valence-corrected chi connectivity index (χ1v) is 5.97. The number of aryl methyl sites for hydroxylation is 1. The molecule has 1 heterocycles. The Balaban J connectivity index is 2.02. The quantitative estimate of drug-likeness (QED) is 0.826. The molecule has 3 nitrogen and oxygen atoms in total. The molecule has 0 aromatic heterocycles. The number of piperidine rings is 1. The van der Waals surface area contributed by atoms with Crippen LogP contribution in [0, 0.1) is 12.7 Å². The average Bonchev–Trinajstić information content (AvgIpc) is 2.34. The summed E-state index contributed by atoms with van der Waals surface area (Å²) in [5, 5.41) is 5.77. The number of carbonyl (C=O) groups excluding carboxylic acids is 1. The van der Waals surface area contributed by atoms with Crippen molar-refractivity contribution < 1.29 is 9.18 Å². The fourth-order valence-corrected chi connectivity index (χ4v) is 2.02. The van der Waals surface area contributed by atoms with Crippen LogP contribution in [-0.2, 0) is 4.79 Å². The van der Waals surface area contributed by atoms with Gasteiger partial charge in [0.25, 0.3) is 0 Å². The van der Waals surface area contributed by atoms with Gasteiger partial charge in [-0.25, -0.2) is 4.39 Å². The van der Waals surface area contributed by atoms with Crippen LogP contribution in [0.5, 0.6) is 0 Å². The molecular weight excluding hydrogens is 219 g/mol. The summed E-state index contributed by atoms with van der Waals surface area (Å²) < 4.78 is 13.5. The molecule has 2 rings (SSSR count). The number of anilines is 1. The second-order valence-electron chi connectivity index (χ2n) is 4.48. The van der Waals surface area contributed by atoms with E-state index in [1.807, 2.05) is 6.92 Å². The summed E-state index contributed by atoms with van der Waals surface area (Å²) in [6.45, 7) is 2.67. The minimum absolute atomic E-state index is 0.146. The molecule has 1 fully saturated rings. The van der Waals surface area contributed by atoms with Gasteiger partial charge in [-0.05, 0) is 44.0 Å². The van der Waals surface area contributed by atoms with Crippen LogP contribution in [0.3, 0.4) is 0 Å². The second kappa shape index (κ2) is 5.27. The minimum atomic E-state index is -0.380. The lowest BCUT2D eigenvalue weighted by Gasteiger charge is -2.22. The lowest BCUT2D eigenvalue weighted by atomic mass is 10.0. The van der Waals surface area contributed by atoms with Gasteiger partial charge < -0.3 is 10.6 Å². The monoisotopic (exact) mass is 236 g/mol. The molecule has 0 unspecified atom stereocenters. The lowest BCUT2D eigenvalue weighted by Crippen LogP contribution is -2.43. The summed E-state index contributed by atoms with van der Waals surface area (Å²) in [5.41, 5.74) is 1.10. The van der Waals surface area contributed by atoms with E-state index in [9.17, 15) is 9.18 Å². The Labute approximate surface area is 100 Å². The molecule has 0 bridgehead atoms. The van der Waals surface area contributed by atoms with Crippen LogP contribution in [0.15, 0.2) is 18.2 Å². The van der Waals surface area contributed by atoms with Gasteiger partial charge in [0.05, 0.1) is 11.7 Å². The van der Waals surface area contributed by atoms with Gasteiger partial charge in [-0.15, -0.1) is 0 Å². The van der Waals surface area contributed by atoms with Gasteiger partial charge in [0.15, 0.2) is 0 Å². The average molecular weight is 236 g/mol.